The van der Waals surface area contributed by atoms with Crippen molar-refractivity contribution in [1.29, 1.82) is 0 Å². The number of hydrogen-bond acceptors (Lipinski definition) is 4. The van der Waals surface area contributed by atoms with Crippen LogP contribution in [0, 0.1) is 0 Å². The summed E-state index contributed by atoms with van der Waals surface area (Å²) < 4.78 is 7.49. The fraction of sp³-hybridized carbons (Fsp3) is 0.294. The first-order chi connectivity index (χ1) is 10.8. The highest BCUT2D eigenvalue weighted by atomic mass is 32.2. The summed E-state index contributed by atoms with van der Waals surface area (Å²) in [5.41, 5.74) is 1.09. The molecule has 0 amide bonds. The molecule has 0 aliphatic rings. The lowest BCUT2D eigenvalue weighted by atomic mass is 10.2. The number of rotatable bonds is 6. The van der Waals surface area contributed by atoms with Gasteiger partial charge in [-0.3, -0.25) is 0 Å². The highest BCUT2D eigenvalue weighted by molar-refractivity contribution is 7.99. The molecular weight excluding hydrogens is 294 g/mol. The number of hydrogen-bond donors (Lipinski definition) is 0. The number of methoxy groups -OCH3 is 1. The third-order valence-corrected chi connectivity index (χ3v) is 4.46. The maximum atomic E-state index is 5.42. The topological polar surface area (TPSA) is 39.9 Å². The van der Waals surface area contributed by atoms with Crippen molar-refractivity contribution >= 4 is 22.7 Å². The fourth-order valence-corrected chi connectivity index (χ4v) is 3.27. The van der Waals surface area contributed by atoms with Crippen molar-refractivity contribution in [3.05, 3.63) is 42.7 Å². The van der Waals surface area contributed by atoms with Crippen molar-refractivity contribution in [3.8, 4) is 11.6 Å². The van der Waals surface area contributed by atoms with Crippen LogP contribution < -0.4 is 4.74 Å². The quantitative estimate of drug-likeness (QED) is 0.386. The summed E-state index contributed by atoms with van der Waals surface area (Å²) in [6, 6.07) is 10.0. The molecule has 0 saturated heterocycles. The number of ether oxygens (including phenoxy) is 1. The van der Waals surface area contributed by atoms with Gasteiger partial charge in [-0.1, -0.05) is 31.2 Å². The van der Waals surface area contributed by atoms with E-state index in [1.165, 1.54) is 12.8 Å². The SMILES string of the molecule is CCCCSc1nccc(-n2ccc3c(OC)cccc32)n1. The van der Waals surface area contributed by atoms with Gasteiger partial charge >= 0.3 is 0 Å². The molecule has 114 valence electrons. The van der Waals surface area contributed by atoms with Crippen molar-refractivity contribution in [2.24, 2.45) is 0 Å². The van der Waals surface area contributed by atoms with Crippen LogP contribution in [0.25, 0.3) is 16.7 Å². The second kappa shape index (κ2) is 6.83. The molecule has 4 nitrogen and oxygen atoms in total. The standard InChI is InChI=1S/C17H19N3OS/c1-3-4-12-22-17-18-10-8-16(19-17)20-11-9-13-14(20)6-5-7-15(13)21-2/h5-11H,3-4,12H2,1-2H3. The first-order valence-corrected chi connectivity index (χ1v) is 8.42. The monoisotopic (exact) mass is 313 g/mol. The van der Waals surface area contributed by atoms with Crippen LogP contribution in [0.5, 0.6) is 5.75 Å². The highest BCUT2D eigenvalue weighted by Crippen LogP contribution is 2.28. The van der Waals surface area contributed by atoms with E-state index in [4.69, 9.17) is 4.74 Å². The second-order valence-corrected chi connectivity index (χ2v) is 6.04. The molecule has 2 heterocycles. The summed E-state index contributed by atoms with van der Waals surface area (Å²) in [5.74, 6) is 2.82. The van der Waals surface area contributed by atoms with E-state index in [0.717, 1.165) is 33.4 Å². The lowest BCUT2D eigenvalue weighted by Crippen LogP contribution is -1.98. The number of unbranched alkanes of at least 4 members (excludes halogenated alkanes) is 1. The van der Waals surface area contributed by atoms with Gasteiger partial charge in [-0.2, -0.15) is 0 Å². The van der Waals surface area contributed by atoms with E-state index in [2.05, 4.69) is 33.6 Å². The molecule has 0 saturated carbocycles. The van der Waals surface area contributed by atoms with Gasteiger partial charge in [-0.15, -0.1) is 0 Å². The van der Waals surface area contributed by atoms with Gasteiger partial charge in [0.05, 0.1) is 12.6 Å². The lowest BCUT2D eigenvalue weighted by Gasteiger charge is -2.07. The minimum atomic E-state index is 0.829. The van der Waals surface area contributed by atoms with Gasteiger partial charge in [0.25, 0.3) is 0 Å². The van der Waals surface area contributed by atoms with Crippen LogP contribution in [0.3, 0.4) is 0 Å². The van der Waals surface area contributed by atoms with Crippen LogP contribution in [0.1, 0.15) is 19.8 Å². The smallest absolute Gasteiger partial charge is 0.189 e. The molecule has 0 spiro atoms. The minimum absolute atomic E-state index is 0.829. The Labute approximate surface area is 134 Å². The summed E-state index contributed by atoms with van der Waals surface area (Å²) in [6.07, 6.45) is 6.22. The zero-order chi connectivity index (χ0) is 15.4. The van der Waals surface area contributed by atoms with E-state index in [-0.39, 0.29) is 0 Å². The number of thioether (sulfide) groups is 1. The van der Waals surface area contributed by atoms with Gasteiger partial charge in [0, 0.05) is 23.5 Å². The molecule has 0 N–H and O–H groups in total. The van der Waals surface area contributed by atoms with Gasteiger partial charge in [-0.05, 0) is 30.7 Å². The molecule has 5 heteroatoms. The van der Waals surface area contributed by atoms with Crippen molar-refractivity contribution in [1.82, 2.24) is 14.5 Å². The van der Waals surface area contributed by atoms with Crippen LogP contribution in [-0.2, 0) is 0 Å². The number of nitrogens with zero attached hydrogens (tertiary/aromatic N) is 3. The highest BCUT2D eigenvalue weighted by Gasteiger charge is 2.09. The van der Waals surface area contributed by atoms with Crippen LogP contribution in [-0.4, -0.2) is 27.4 Å². The maximum absolute atomic E-state index is 5.42. The predicted molar refractivity (Wildman–Crippen MR) is 91.0 cm³/mol. The average Bonchev–Trinajstić information content (AvgIpc) is 2.99. The molecule has 0 aliphatic carbocycles. The molecule has 2 aromatic heterocycles. The van der Waals surface area contributed by atoms with Crippen molar-refractivity contribution in [2.75, 3.05) is 12.9 Å². The largest absolute Gasteiger partial charge is 0.496 e. The summed E-state index contributed by atoms with van der Waals surface area (Å²) in [6.45, 7) is 2.19. The van der Waals surface area contributed by atoms with Gasteiger partial charge in [0.1, 0.15) is 11.6 Å². The van der Waals surface area contributed by atoms with Crippen molar-refractivity contribution in [2.45, 2.75) is 24.9 Å². The molecule has 0 atom stereocenters. The first kappa shape index (κ1) is 14.9. The Balaban J connectivity index is 1.96. The van der Waals surface area contributed by atoms with Crippen LogP contribution in [0.2, 0.25) is 0 Å². The zero-order valence-corrected chi connectivity index (χ0v) is 13.6. The Kier molecular flexibility index (Phi) is 4.63. The van der Waals surface area contributed by atoms with Gasteiger partial charge < -0.3 is 9.30 Å². The average molecular weight is 313 g/mol. The fourth-order valence-electron chi connectivity index (χ4n) is 2.36. The van der Waals surface area contributed by atoms with E-state index in [0.29, 0.717) is 0 Å². The number of fused-ring (bicyclic) bond motifs is 1. The summed E-state index contributed by atoms with van der Waals surface area (Å²) in [5, 5.41) is 1.92. The molecule has 0 bridgehead atoms. The molecule has 1 aromatic carbocycles. The van der Waals surface area contributed by atoms with E-state index in [9.17, 15) is 0 Å². The maximum Gasteiger partial charge on any atom is 0.189 e. The van der Waals surface area contributed by atoms with Gasteiger partial charge in [0.15, 0.2) is 5.16 Å². The van der Waals surface area contributed by atoms with E-state index < -0.39 is 0 Å². The van der Waals surface area contributed by atoms with Crippen molar-refractivity contribution in [3.63, 3.8) is 0 Å². The van der Waals surface area contributed by atoms with Crippen molar-refractivity contribution < 1.29 is 4.74 Å². The summed E-state index contributed by atoms with van der Waals surface area (Å²) in [7, 11) is 1.69. The molecule has 0 radical (unpaired) electrons. The Hall–Kier alpha value is -2.01. The normalized spacial score (nSPS) is 11.0. The second-order valence-electron chi connectivity index (χ2n) is 4.98. The number of aromatic nitrogens is 3. The summed E-state index contributed by atoms with van der Waals surface area (Å²) >= 11 is 1.71. The third kappa shape index (κ3) is 2.95. The Morgan fingerprint density at radius 1 is 1.23 bits per heavy atom. The predicted octanol–water partition coefficient (Wildman–Crippen LogP) is 4.32. The van der Waals surface area contributed by atoms with E-state index in [1.54, 1.807) is 18.9 Å². The first-order valence-electron chi connectivity index (χ1n) is 7.43. The van der Waals surface area contributed by atoms with Crippen LogP contribution in [0.4, 0.5) is 0 Å². The molecule has 0 unspecified atom stereocenters. The minimum Gasteiger partial charge on any atom is -0.496 e. The Morgan fingerprint density at radius 2 is 2.14 bits per heavy atom. The third-order valence-electron chi connectivity index (χ3n) is 3.51. The Bertz CT molecular complexity index is 769. The molecule has 3 aromatic rings. The molecular formula is C17H19N3OS. The number of benzene rings is 1. The molecule has 3 rings (SSSR count). The lowest BCUT2D eigenvalue weighted by molar-refractivity contribution is 0.420. The van der Waals surface area contributed by atoms with Crippen LogP contribution >= 0.6 is 11.8 Å². The zero-order valence-electron chi connectivity index (χ0n) is 12.8. The molecule has 0 fully saturated rings. The summed E-state index contributed by atoms with van der Waals surface area (Å²) in [4.78, 5) is 9.02. The molecule has 22 heavy (non-hydrogen) atoms. The van der Waals surface area contributed by atoms with Gasteiger partial charge in [0.2, 0.25) is 0 Å². The van der Waals surface area contributed by atoms with Gasteiger partial charge in [-0.25, -0.2) is 9.97 Å². The van der Waals surface area contributed by atoms with E-state index >= 15 is 0 Å². The Morgan fingerprint density at radius 3 is 2.95 bits per heavy atom. The van der Waals surface area contributed by atoms with Crippen LogP contribution in [0.15, 0.2) is 47.9 Å². The van der Waals surface area contributed by atoms with E-state index in [1.807, 2.05) is 30.6 Å². The molecule has 0 aliphatic heterocycles.